The zero-order chi connectivity index (χ0) is 11.4. The minimum Gasteiger partial charge on any atom is -0.324 e. The van der Waals surface area contributed by atoms with Gasteiger partial charge in [0.25, 0.3) is 0 Å². The van der Waals surface area contributed by atoms with Gasteiger partial charge in [0, 0.05) is 5.69 Å². The third-order valence-corrected chi connectivity index (χ3v) is 2.25. The van der Waals surface area contributed by atoms with Crippen LogP contribution >= 0.6 is 0 Å². The van der Waals surface area contributed by atoms with E-state index in [1.165, 1.54) is 0 Å². The smallest absolute Gasteiger partial charge is 0.241 e. The maximum atomic E-state index is 11.5. The Balaban J connectivity index is 2.89. The van der Waals surface area contributed by atoms with Gasteiger partial charge in [0.2, 0.25) is 5.91 Å². The molecule has 1 amide bonds. The summed E-state index contributed by atoms with van der Waals surface area (Å²) in [4.78, 5) is 11.5. The standard InChI is InChI=1S/C12H18N2O/c1-8(2)10-6-4-5-7-11(10)14-12(15)9(3)13/h4-9H,13H2,1-3H3,(H,14,15). The summed E-state index contributed by atoms with van der Waals surface area (Å²) in [5.74, 6) is 0.234. The maximum Gasteiger partial charge on any atom is 0.241 e. The molecule has 3 N–H and O–H groups in total. The Kier molecular flexibility index (Phi) is 3.86. The van der Waals surface area contributed by atoms with Crippen LogP contribution in [0.15, 0.2) is 24.3 Å². The van der Waals surface area contributed by atoms with E-state index in [1.807, 2.05) is 24.3 Å². The Labute approximate surface area is 90.7 Å². The maximum absolute atomic E-state index is 11.5. The molecule has 0 saturated carbocycles. The Morgan fingerprint density at radius 2 is 1.87 bits per heavy atom. The second kappa shape index (κ2) is 4.94. The van der Waals surface area contributed by atoms with Gasteiger partial charge in [-0.3, -0.25) is 4.79 Å². The van der Waals surface area contributed by atoms with Crippen molar-refractivity contribution in [2.24, 2.45) is 5.73 Å². The lowest BCUT2D eigenvalue weighted by atomic mass is 10.0. The van der Waals surface area contributed by atoms with E-state index in [1.54, 1.807) is 6.92 Å². The average molecular weight is 206 g/mol. The first-order valence-electron chi connectivity index (χ1n) is 5.17. The molecule has 15 heavy (non-hydrogen) atoms. The highest BCUT2D eigenvalue weighted by atomic mass is 16.2. The highest BCUT2D eigenvalue weighted by molar-refractivity contribution is 5.95. The van der Waals surface area contributed by atoms with E-state index >= 15 is 0 Å². The van der Waals surface area contributed by atoms with Crippen molar-refractivity contribution < 1.29 is 4.79 Å². The second-order valence-electron chi connectivity index (χ2n) is 4.02. The number of hydrogen-bond donors (Lipinski definition) is 2. The van der Waals surface area contributed by atoms with Crippen LogP contribution in [0.4, 0.5) is 5.69 Å². The van der Waals surface area contributed by atoms with Gasteiger partial charge >= 0.3 is 0 Å². The highest BCUT2D eigenvalue weighted by Gasteiger charge is 2.11. The van der Waals surface area contributed by atoms with Crippen LogP contribution in [0.5, 0.6) is 0 Å². The van der Waals surface area contributed by atoms with E-state index in [-0.39, 0.29) is 5.91 Å². The van der Waals surface area contributed by atoms with Gasteiger partial charge in [0.05, 0.1) is 6.04 Å². The van der Waals surface area contributed by atoms with Gasteiger partial charge in [-0.1, -0.05) is 32.0 Å². The van der Waals surface area contributed by atoms with Crippen molar-refractivity contribution in [3.63, 3.8) is 0 Å². The number of rotatable bonds is 3. The zero-order valence-corrected chi connectivity index (χ0v) is 9.45. The number of nitrogens with two attached hydrogens (primary N) is 1. The first-order valence-corrected chi connectivity index (χ1v) is 5.17. The molecule has 1 atom stereocenters. The molecule has 1 rings (SSSR count). The molecule has 0 spiro atoms. The zero-order valence-electron chi connectivity index (χ0n) is 9.45. The lowest BCUT2D eigenvalue weighted by Crippen LogP contribution is -2.32. The fraction of sp³-hybridized carbons (Fsp3) is 0.417. The lowest BCUT2D eigenvalue weighted by Gasteiger charge is -2.14. The number of carbonyl (C=O) groups excluding carboxylic acids is 1. The van der Waals surface area contributed by atoms with Gasteiger partial charge in [-0.2, -0.15) is 0 Å². The monoisotopic (exact) mass is 206 g/mol. The molecule has 0 bridgehead atoms. The van der Waals surface area contributed by atoms with Crippen LogP contribution in [0.3, 0.4) is 0 Å². The molecule has 1 unspecified atom stereocenters. The molecule has 0 heterocycles. The van der Waals surface area contributed by atoms with E-state index in [0.717, 1.165) is 11.3 Å². The number of nitrogens with one attached hydrogen (secondary N) is 1. The Morgan fingerprint density at radius 3 is 2.40 bits per heavy atom. The van der Waals surface area contributed by atoms with Crippen molar-refractivity contribution in [2.75, 3.05) is 5.32 Å². The molecular weight excluding hydrogens is 188 g/mol. The number of para-hydroxylation sites is 1. The molecule has 0 aliphatic heterocycles. The normalized spacial score (nSPS) is 12.6. The summed E-state index contributed by atoms with van der Waals surface area (Å²) < 4.78 is 0. The third kappa shape index (κ3) is 3.06. The summed E-state index contributed by atoms with van der Waals surface area (Å²) in [6.07, 6.45) is 0. The van der Waals surface area contributed by atoms with Gasteiger partial charge in [-0.15, -0.1) is 0 Å². The molecule has 0 fully saturated rings. The second-order valence-corrected chi connectivity index (χ2v) is 4.02. The molecule has 1 aromatic carbocycles. The highest BCUT2D eigenvalue weighted by Crippen LogP contribution is 2.23. The number of anilines is 1. The minimum absolute atomic E-state index is 0.150. The SMILES string of the molecule is CC(N)C(=O)Nc1ccccc1C(C)C. The topological polar surface area (TPSA) is 55.1 Å². The first kappa shape index (κ1) is 11.7. The van der Waals surface area contributed by atoms with Crippen molar-refractivity contribution in [3.05, 3.63) is 29.8 Å². The summed E-state index contributed by atoms with van der Waals surface area (Å²) in [7, 11) is 0. The molecule has 1 aromatic rings. The Hall–Kier alpha value is -1.35. The fourth-order valence-corrected chi connectivity index (χ4v) is 1.36. The summed E-state index contributed by atoms with van der Waals surface area (Å²) in [6.45, 7) is 5.86. The van der Waals surface area contributed by atoms with Crippen LogP contribution in [-0.4, -0.2) is 11.9 Å². The number of carbonyl (C=O) groups is 1. The summed E-state index contributed by atoms with van der Waals surface area (Å²) in [5, 5.41) is 2.83. The van der Waals surface area contributed by atoms with Gasteiger partial charge in [0.1, 0.15) is 0 Å². The quantitative estimate of drug-likeness (QED) is 0.795. The Morgan fingerprint density at radius 1 is 1.27 bits per heavy atom. The van der Waals surface area contributed by atoms with E-state index in [2.05, 4.69) is 19.2 Å². The first-order chi connectivity index (χ1) is 7.02. The fourth-order valence-electron chi connectivity index (χ4n) is 1.36. The van der Waals surface area contributed by atoms with Crippen molar-refractivity contribution in [2.45, 2.75) is 32.7 Å². The molecular formula is C12H18N2O. The van der Waals surface area contributed by atoms with Crippen molar-refractivity contribution in [1.29, 1.82) is 0 Å². The van der Waals surface area contributed by atoms with Crippen LogP contribution < -0.4 is 11.1 Å². The molecule has 0 radical (unpaired) electrons. The van der Waals surface area contributed by atoms with Crippen molar-refractivity contribution in [1.82, 2.24) is 0 Å². The van der Waals surface area contributed by atoms with Gasteiger partial charge < -0.3 is 11.1 Å². The molecule has 0 aliphatic carbocycles. The summed E-state index contributed by atoms with van der Waals surface area (Å²) in [6, 6.07) is 7.31. The largest absolute Gasteiger partial charge is 0.324 e. The molecule has 82 valence electrons. The van der Waals surface area contributed by atoms with E-state index in [9.17, 15) is 4.79 Å². The number of hydrogen-bond acceptors (Lipinski definition) is 2. The van der Waals surface area contributed by atoms with Gasteiger partial charge in [-0.05, 0) is 24.5 Å². The average Bonchev–Trinajstić information content (AvgIpc) is 2.18. The van der Waals surface area contributed by atoms with Crippen LogP contribution in [0.1, 0.15) is 32.3 Å². The third-order valence-electron chi connectivity index (χ3n) is 2.25. The minimum atomic E-state index is -0.481. The summed E-state index contributed by atoms with van der Waals surface area (Å²) >= 11 is 0. The Bertz CT molecular complexity index is 345. The predicted molar refractivity (Wildman–Crippen MR) is 62.8 cm³/mol. The molecule has 3 heteroatoms. The van der Waals surface area contributed by atoms with Crippen LogP contribution in [0, 0.1) is 0 Å². The number of benzene rings is 1. The van der Waals surface area contributed by atoms with E-state index in [0.29, 0.717) is 5.92 Å². The van der Waals surface area contributed by atoms with Gasteiger partial charge in [0.15, 0.2) is 0 Å². The van der Waals surface area contributed by atoms with Crippen LogP contribution in [0.25, 0.3) is 0 Å². The van der Waals surface area contributed by atoms with E-state index < -0.39 is 6.04 Å². The molecule has 0 aliphatic rings. The van der Waals surface area contributed by atoms with Crippen LogP contribution in [0.2, 0.25) is 0 Å². The number of amides is 1. The van der Waals surface area contributed by atoms with E-state index in [4.69, 9.17) is 5.73 Å². The lowest BCUT2D eigenvalue weighted by molar-refractivity contribution is -0.117. The molecule has 0 saturated heterocycles. The molecule has 3 nitrogen and oxygen atoms in total. The van der Waals surface area contributed by atoms with Crippen molar-refractivity contribution >= 4 is 11.6 Å². The summed E-state index contributed by atoms with van der Waals surface area (Å²) in [5.41, 5.74) is 7.49. The predicted octanol–water partition coefficient (Wildman–Crippen LogP) is 2.10. The van der Waals surface area contributed by atoms with Crippen molar-refractivity contribution in [3.8, 4) is 0 Å². The van der Waals surface area contributed by atoms with Crippen LogP contribution in [-0.2, 0) is 4.79 Å². The molecule has 0 aromatic heterocycles. The van der Waals surface area contributed by atoms with Gasteiger partial charge in [-0.25, -0.2) is 0 Å².